The number of hydrogen-bond donors (Lipinski definition) is 1. The zero-order valence-corrected chi connectivity index (χ0v) is 25.4. The number of halogens is 2. The molecule has 0 saturated heterocycles. The van der Waals surface area contributed by atoms with Crippen LogP contribution in [0.15, 0.2) is 77.7 Å². The molecule has 0 radical (unpaired) electrons. The van der Waals surface area contributed by atoms with Crippen LogP contribution in [0.5, 0.6) is 0 Å². The summed E-state index contributed by atoms with van der Waals surface area (Å²) in [7, 11) is -4.12. The number of benzene rings is 3. The van der Waals surface area contributed by atoms with E-state index in [2.05, 4.69) is 5.32 Å². The summed E-state index contributed by atoms with van der Waals surface area (Å²) in [5.74, 6) is -0.908. The van der Waals surface area contributed by atoms with Crippen LogP contribution in [0.25, 0.3) is 0 Å². The van der Waals surface area contributed by atoms with E-state index in [0.717, 1.165) is 16.3 Å². The molecule has 3 rings (SSSR count). The first-order valence-corrected chi connectivity index (χ1v) is 15.4. The van der Waals surface area contributed by atoms with Crippen LogP contribution >= 0.6 is 23.2 Å². The second-order valence-corrected chi connectivity index (χ2v) is 12.3. The summed E-state index contributed by atoms with van der Waals surface area (Å²) in [5.41, 5.74) is 1.95. The summed E-state index contributed by atoms with van der Waals surface area (Å²) < 4.78 is 28.7. The van der Waals surface area contributed by atoms with Crippen LogP contribution in [0.1, 0.15) is 45.2 Å². The van der Waals surface area contributed by atoms with Crippen molar-refractivity contribution in [2.24, 2.45) is 0 Å². The van der Waals surface area contributed by atoms with Crippen molar-refractivity contribution in [3.8, 4) is 0 Å². The molecule has 0 spiro atoms. The van der Waals surface area contributed by atoms with E-state index in [9.17, 15) is 18.0 Å². The van der Waals surface area contributed by atoms with E-state index in [-0.39, 0.29) is 23.4 Å². The van der Waals surface area contributed by atoms with E-state index in [1.165, 1.54) is 17.0 Å². The van der Waals surface area contributed by atoms with Gasteiger partial charge in [-0.05, 0) is 74.2 Å². The van der Waals surface area contributed by atoms with Gasteiger partial charge in [0, 0.05) is 22.6 Å². The second kappa shape index (κ2) is 14.0. The van der Waals surface area contributed by atoms with Crippen molar-refractivity contribution in [3.05, 3.63) is 94.0 Å². The number of amides is 2. The maximum absolute atomic E-state index is 14.0. The molecule has 0 aliphatic rings. The van der Waals surface area contributed by atoms with Crippen molar-refractivity contribution in [1.82, 2.24) is 10.2 Å². The van der Waals surface area contributed by atoms with Crippen LogP contribution < -0.4 is 9.62 Å². The second-order valence-electron chi connectivity index (χ2n) is 9.60. The molecule has 0 aliphatic heterocycles. The fraction of sp³-hybridized carbons (Fsp3) is 0.333. The van der Waals surface area contributed by atoms with E-state index in [4.69, 9.17) is 23.2 Å². The lowest BCUT2D eigenvalue weighted by atomic mass is 10.1. The molecule has 3 aromatic carbocycles. The van der Waals surface area contributed by atoms with Gasteiger partial charge in [-0.1, -0.05) is 73.4 Å². The number of rotatable bonds is 12. The third-order valence-corrected chi connectivity index (χ3v) is 9.14. The Morgan fingerprint density at radius 2 is 1.57 bits per heavy atom. The lowest BCUT2D eigenvalue weighted by Crippen LogP contribution is -2.52. The third kappa shape index (κ3) is 7.77. The van der Waals surface area contributed by atoms with E-state index in [1.807, 2.05) is 32.9 Å². The van der Waals surface area contributed by atoms with E-state index >= 15 is 0 Å². The molecule has 7 nitrogen and oxygen atoms in total. The molecular formula is C30H35Cl2N3O4S. The largest absolute Gasteiger partial charge is 0.352 e. The molecule has 40 heavy (non-hydrogen) atoms. The molecule has 1 N–H and O–H groups in total. The van der Waals surface area contributed by atoms with Gasteiger partial charge in [0.25, 0.3) is 10.0 Å². The van der Waals surface area contributed by atoms with Gasteiger partial charge >= 0.3 is 0 Å². The van der Waals surface area contributed by atoms with Crippen LogP contribution in [0, 0.1) is 0 Å². The smallest absolute Gasteiger partial charge is 0.264 e. The SMILES string of the molecule is CCc1ccc(N(CC(=O)N(Cc2ccc(Cl)cc2Cl)[C@H](C)C(=O)N[C@H](C)CC)S(=O)(=O)c2ccccc2)cc1. The zero-order valence-electron chi connectivity index (χ0n) is 23.1. The van der Waals surface area contributed by atoms with Gasteiger partial charge in [0.15, 0.2) is 0 Å². The molecule has 0 fully saturated rings. The van der Waals surface area contributed by atoms with Gasteiger partial charge in [-0.25, -0.2) is 8.42 Å². The number of carbonyl (C=O) groups is 2. The number of aryl methyl sites for hydroxylation is 1. The topological polar surface area (TPSA) is 86.8 Å². The Balaban J connectivity index is 2.04. The first-order chi connectivity index (χ1) is 19.0. The Kier molecular flexibility index (Phi) is 11.0. The third-order valence-electron chi connectivity index (χ3n) is 6.77. The minimum absolute atomic E-state index is 0.0159. The molecule has 0 aliphatic carbocycles. The Morgan fingerprint density at radius 1 is 0.925 bits per heavy atom. The first-order valence-electron chi connectivity index (χ1n) is 13.2. The number of sulfonamides is 1. The fourth-order valence-electron chi connectivity index (χ4n) is 4.03. The van der Waals surface area contributed by atoms with E-state index < -0.39 is 28.5 Å². The molecule has 10 heteroatoms. The fourth-order valence-corrected chi connectivity index (χ4v) is 5.93. The van der Waals surface area contributed by atoms with Gasteiger partial charge in [0.2, 0.25) is 11.8 Å². The van der Waals surface area contributed by atoms with E-state index in [0.29, 0.717) is 27.7 Å². The summed E-state index contributed by atoms with van der Waals surface area (Å²) in [6.45, 7) is 6.91. The quantitative estimate of drug-likeness (QED) is 0.272. The molecule has 0 bridgehead atoms. The van der Waals surface area contributed by atoms with Crippen LogP contribution in [-0.2, 0) is 32.6 Å². The van der Waals surface area contributed by atoms with Crippen LogP contribution in [-0.4, -0.2) is 43.8 Å². The number of carbonyl (C=O) groups excluding carboxylic acids is 2. The van der Waals surface area contributed by atoms with Crippen molar-refractivity contribution in [2.75, 3.05) is 10.8 Å². The molecule has 3 aromatic rings. The lowest BCUT2D eigenvalue weighted by molar-refractivity contribution is -0.139. The Labute approximate surface area is 247 Å². The highest BCUT2D eigenvalue weighted by molar-refractivity contribution is 7.92. The van der Waals surface area contributed by atoms with Crippen molar-refractivity contribution < 1.29 is 18.0 Å². The van der Waals surface area contributed by atoms with Gasteiger partial charge in [0.05, 0.1) is 10.6 Å². The molecule has 0 unspecified atom stereocenters. The maximum atomic E-state index is 14.0. The van der Waals surface area contributed by atoms with Crippen LogP contribution in [0.3, 0.4) is 0 Å². The average Bonchev–Trinajstić information content (AvgIpc) is 2.95. The summed E-state index contributed by atoms with van der Waals surface area (Å²) in [6, 6.07) is 18.9. The summed E-state index contributed by atoms with van der Waals surface area (Å²) >= 11 is 12.5. The molecule has 0 aromatic heterocycles. The first kappa shape index (κ1) is 31.5. The standard InChI is InChI=1S/C30H35Cl2N3O4S/c1-5-21(3)33-30(37)22(4)34(19-24-14-15-25(31)18-28(24)32)29(36)20-35(26-16-12-23(6-2)13-17-26)40(38,39)27-10-8-7-9-11-27/h7-18,21-22H,5-6,19-20H2,1-4H3,(H,33,37)/t21-,22-/m1/s1. The molecular weight excluding hydrogens is 569 g/mol. The van der Waals surface area contributed by atoms with Crippen molar-refractivity contribution >= 4 is 50.7 Å². The number of nitrogens with one attached hydrogen (secondary N) is 1. The average molecular weight is 605 g/mol. The van der Waals surface area contributed by atoms with Gasteiger partial charge < -0.3 is 10.2 Å². The maximum Gasteiger partial charge on any atom is 0.264 e. The highest BCUT2D eigenvalue weighted by atomic mass is 35.5. The predicted molar refractivity (Wildman–Crippen MR) is 161 cm³/mol. The summed E-state index contributed by atoms with van der Waals surface area (Å²) in [4.78, 5) is 28.5. The van der Waals surface area contributed by atoms with Gasteiger partial charge in [-0.15, -0.1) is 0 Å². The lowest BCUT2D eigenvalue weighted by Gasteiger charge is -2.32. The van der Waals surface area contributed by atoms with Gasteiger partial charge in [-0.3, -0.25) is 13.9 Å². The van der Waals surface area contributed by atoms with Crippen LogP contribution in [0.2, 0.25) is 10.0 Å². The molecule has 0 heterocycles. The van der Waals surface area contributed by atoms with Gasteiger partial charge in [-0.2, -0.15) is 0 Å². The Morgan fingerprint density at radius 3 is 2.15 bits per heavy atom. The molecule has 214 valence electrons. The van der Waals surface area contributed by atoms with Gasteiger partial charge in [0.1, 0.15) is 12.6 Å². The minimum Gasteiger partial charge on any atom is -0.352 e. The normalized spacial score (nSPS) is 12.8. The number of anilines is 1. The predicted octanol–water partition coefficient (Wildman–Crippen LogP) is 6.08. The summed E-state index contributed by atoms with van der Waals surface area (Å²) in [6.07, 6.45) is 1.50. The highest BCUT2D eigenvalue weighted by Crippen LogP contribution is 2.27. The Bertz CT molecular complexity index is 1420. The molecule has 2 amide bonds. The van der Waals surface area contributed by atoms with Crippen molar-refractivity contribution in [1.29, 1.82) is 0 Å². The summed E-state index contributed by atoms with van der Waals surface area (Å²) in [5, 5.41) is 3.68. The van der Waals surface area contributed by atoms with Crippen LogP contribution in [0.4, 0.5) is 5.69 Å². The number of nitrogens with zero attached hydrogens (tertiary/aromatic N) is 2. The monoisotopic (exact) mass is 603 g/mol. The Hall–Kier alpha value is -3.07. The van der Waals surface area contributed by atoms with Crippen molar-refractivity contribution in [3.63, 3.8) is 0 Å². The number of hydrogen-bond acceptors (Lipinski definition) is 4. The molecule has 2 atom stereocenters. The van der Waals surface area contributed by atoms with E-state index in [1.54, 1.807) is 55.5 Å². The minimum atomic E-state index is -4.12. The molecule has 0 saturated carbocycles. The van der Waals surface area contributed by atoms with Crippen molar-refractivity contribution in [2.45, 2.75) is 64.1 Å². The zero-order chi connectivity index (χ0) is 29.4. The highest BCUT2D eigenvalue weighted by Gasteiger charge is 2.33.